The summed E-state index contributed by atoms with van der Waals surface area (Å²) in [6, 6.07) is 31.7. The number of rotatable bonds is 90. The Kier molecular flexibility index (Phi) is 52.6. The fourth-order valence-electron chi connectivity index (χ4n) is 22.5. The Balaban J connectivity index is 0.914. The molecule has 822 valence electrons. The summed E-state index contributed by atoms with van der Waals surface area (Å²) in [5.74, 6) is -1.03. The summed E-state index contributed by atoms with van der Waals surface area (Å²) in [6.45, 7) is 9.48. The molecule has 0 aliphatic heterocycles. The molecular formula is C126H174O24. The third-order valence-corrected chi connectivity index (χ3v) is 30.0. The van der Waals surface area contributed by atoms with E-state index in [1.165, 1.54) is 163 Å². The Labute approximate surface area is 889 Å². The molecule has 13 aromatic rings. The van der Waals surface area contributed by atoms with Gasteiger partial charge < -0.3 is 85.3 Å². The summed E-state index contributed by atoms with van der Waals surface area (Å²) < 4.78 is 97.1. The van der Waals surface area contributed by atoms with Crippen molar-refractivity contribution >= 4 is 165 Å². The highest BCUT2D eigenvalue weighted by Crippen LogP contribution is 2.61. The van der Waals surface area contributed by atoms with E-state index in [0.717, 1.165) is 270 Å². The quantitative estimate of drug-likeness (QED) is 0.0113. The molecule has 13 aromatic carbocycles. The maximum absolute atomic E-state index is 12.8. The number of esters is 6. The predicted molar refractivity (Wildman–Crippen MR) is 602 cm³/mol. The first-order valence-corrected chi connectivity index (χ1v) is 57.5. The minimum absolute atomic E-state index is 0.171. The summed E-state index contributed by atoms with van der Waals surface area (Å²) in [5.41, 5.74) is 8.17. The van der Waals surface area contributed by atoms with E-state index < -0.39 is 0 Å². The minimum Gasteiger partial charge on any atom is -0.463 e. The van der Waals surface area contributed by atoms with Gasteiger partial charge in [-0.1, -0.05) is 227 Å². The van der Waals surface area contributed by atoms with E-state index in [4.69, 9.17) is 85.3 Å². The molecule has 0 aliphatic rings. The van der Waals surface area contributed by atoms with Gasteiger partial charge in [-0.25, -0.2) is 0 Å². The van der Waals surface area contributed by atoms with Crippen molar-refractivity contribution in [2.45, 2.75) is 308 Å². The zero-order valence-corrected chi connectivity index (χ0v) is 91.6. The number of ether oxygens (including phenoxy) is 18. The van der Waals surface area contributed by atoms with Crippen molar-refractivity contribution in [1.29, 1.82) is 0 Å². The molecule has 13 rings (SSSR count). The van der Waals surface area contributed by atoms with Gasteiger partial charge in [-0.15, -0.1) is 0 Å². The van der Waals surface area contributed by atoms with Crippen LogP contribution in [0, 0.1) is 0 Å². The molecule has 0 spiro atoms. The minimum atomic E-state index is -0.171. The zero-order chi connectivity index (χ0) is 105. The van der Waals surface area contributed by atoms with Crippen LogP contribution in [0.3, 0.4) is 0 Å². The van der Waals surface area contributed by atoms with Gasteiger partial charge in [0.15, 0.2) is 0 Å². The van der Waals surface area contributed by atoms with Gasteiger partial charge in [-0.3, -0.25) is 28.8 Å². The van der Waals surface area contributed by atoms with E-state index in [1.807, 2.05) is 0 Å². The fourth-order valence-corrected chi connectivity index (χ4v) is 22.5. The first kappa shape index (κ1) is 118. The van der Waals surface area contributed by atoms with Crippen molar-refractivity contribution in [3.63, 3.8) is 0 Å². The molecule has 0 fully saturated rings. The van der Waals surface area contributed by atoms with E-state index >= 15 is 0 Å². The van der Waals surface area contributed by atoms with Crippen molar-refractivity contribution in [2.75, 3.05) is 201 Å². The molecule has 0 bridgehead atoms. The summed E-state index contributed by atoms with van der Waals surface area (Å²) in [6.07, 6.45) is 44.0. The second kappa shape index (κ2) is 66.9. The number of hydrogen-bond acceptors (Lipinski definition) is 24. The van der Waals surface area contributed by atoms with Crippen LogP contribution in [0.2, 0.25) is 0 Å². The van der Waals surface area contributed by atoms with Gasteiger partial charge in [-0.05, 0) is 278 Å². The van der Waals surface area contributed by atoms with Crippen LogP contribution in [0.15, 0.2) is 72.8 Å². The predicted octanol–water partition coefficient (Wildman–Crippen LogP) is 27.0. The first-order chi connectivity index (χ1) is 73.9. The highest BCUT2D eigenvalue weighted by atomic mass is 16.6. The number of fused-ring (bicyclic) bond motifs is 6. The number of carbonyl (C=O) groups is 6. The topological polar surface area (TPSA) is 269 Å². The van der Waals surface area contributed by atoms with Crippen LogP contribution in [0.5, 0.6) is 0 Å². The highest BCUT2D eigenvalue weighted by Gasteiger charge is 2.34. The van der Waals surface area contributed by atoms with E-state index in [9.17, 15) is 28.8 Å². The van der Waals surface area contributed by atoms with Crippen LogP contribution in [-0.4, -0.2) is 237 Å². The molecule has 0 unspecified atom stereocenters. The van der Waals surface area contributed by atoms with Gasteiger partial charge >= 0.3 is 35.8 Å². The average Bonchev–Trinajstić information content (AvgIpc) is 0.640. The van der Waals surface area contributed by atoms with Gasteiger partial charge in [0, 0.05) is 81.2 Å². The summed E-state index contributed by atoms with van der Waals surface area (Å²) in [7, 11) is 9.87. The van der Waals surface area contributed by atoms with Crippen LogP contribution >= 0.6 is 0 Å². The van der Waals surface area contributed by atoms with Crippen LogP contribution in [0.1, 0.15) is 303 Å². The molecule has 0 saturated carbocycles. The van der Waals surface area contributed by atoms with E-state index in [2.05, 4.69) is 72.8 Å². The van der Waals surface area contributed by atoms with Crippen molar-refractivity contribution in [1.82, 2.24) is 0 Å². The van der Waals surface area contributed by atoms with Crippen molar-refractivity contribution in [2.24, 2.45) is 0 Å². The normalized spacial score (nSPS) is 12.2. The van der Waals surface area contributed by atoms with Crippen molar-refractivity contribution < 1.29 is 114 Å². The molecule has 0 heterocycles. The second-order valence-corrected chi connectivity index (χ2v) is 41.3. The van der Waals surface area contributed by atoms with Crippen LogP contribution in [0.4, 0.5) is 0 Å². The van der Waals surface area contributed by atoms with Gasteiger partial charge in [0.25, 0.3) is 0 Å². The molecule has 150 heavy (non-hydrogen) atoms. The van der Waals surface area contributed by atoms with Crippen LogP contribution < -0.4 is 0 Å². The number of carbonyl (C=O) groups excluding carboxylic acids is 6. The Morgan fingerprint density at radius 3 is 0.380 bits per heavy atom. The molecule has 24 nitrogen and oxygen atoms in total. The van der Waals surface area contributed by atoms with Crippen LogP contribution in [-0.2, 0) is 153 Å². The van der Waals surface area contributed by atoms with E-state index in [-0.39, 0.29) is 75.5 Å². The lowest BCUT2D eigenvalue weighted by atomic mass is 9.72. The lowest BCUT2D eigenvalue weighted by Gasteiger charge is -2.30. The molecule has 24 heteroatoms. The van der Waals surface area contributed by atoms with Crippen molar-refractivity contribution in [3.05, 3.63) is 106 Å². The summed E-state index contributed by atoms with van der Waals surface area (Å²) in [5, 5.41) is 32.7. The third-order valence-electron chi connectivity index (χ3n) is 30.0. The lowest BCUT2D eigenvalue weighted by molar-refractivity contribution is -0.146. The number of methoxy groups -OCH3 is 6. The maximum atomic E-state index is 12.8. The molecule has 0 radical (unpaired) electrons. The molecule has 0 N–H and O–H groups in total. The molecule has 0 atom stereocenters. The lowest BCUT2D eigenvalue weighted by Crippen LogP contribution is -2.12. The van der Waals surface area contributed by atoms with Crippen molar-refractivity contribution in [3.8, 4) is 0 Å². The maximum Gasteiger partial charge on any atom is 0.305 e. The number of unbranched alkanes of at least 4 members (excludes halogenated alkanes) is 30. The number of hydrogen-bond donors (Lipinski definition) is 0. The van der Waals surface area contributed by atoms with Gasteiger partial charge in [0.1, 0.15) is 39.6 Å². The third kappa shape index (κ3) is 35.5. The largest absolute Gasteiger partial charge is 0.463 e. The van der Waals surface area contributed by atoms with E-state index in [0.29, 0.717) is 157 Å². The van der Waals surface area contributed by atoms with Gasteiger partial charge in [0.2, 0.25) is 0 Å². The Bertz CT molecular complexity index is 4960. The smallest absolute Gasteiger partial charge is 0.305 e. The average molecular weight is 2070 g/mol. The fraction of sp³-hybridized carbons (Fsp3) is 0.619. The SMILES string of the molecule is COCCOCCOC(=O)CCCCCCCCc1cc2c3cc(CCCCCCCCC(=O)OCCOCCOC)cc4c5cc(CCCCCCCCC(=O)OCCOCCOC)cc6c7cc(CCCCCCCCC(=O)OCCOCCOC)cc8c9cc(CCCCCCCCC(=O)OCCOCCOC)cc%10c%11cc(CCCCCCCCC(=O)OCCOCCOC)cc%12c(c1)c2c1c(c34)c(c56)c(c78)c(c%109)c1c%12%11. The Hall–Kier alpha value is -9.12. The van der Waals surface area contributed by atoms with Crippen LogP contribution in [0.25, 0.3) is 129 Å². The number of aryl methyl sites for hydroxylation is 6. The standard InChI is InChI=1S/C126H174O24/c1-133-55-61-139-67-73-145-109(127)49-37-25-13-7-19-31-43-91-79-97-99-81-92(44-32-20-8-14-26-38-50-110(128)146-74-68-140-62-56-134-2)83-101-103-85-94(46-34-22-10-16-28-40-52-112(130)148-76-70-142-64-58-136-4)87-105-107-89-96(48-36-24-12-18-30-42-54-114(132)150-78-72-144-66-60-138-6)90-108-106-88-95(47-35-23-11-17-29-41-53-113(131)149-77-71-143-65-59-137-5)86-104-102-84-93(45-33-21-9-15-27-39-51-111(129)147-75-69-141-63-57-135-3)82-100-98(80-91)115(97)121-122(116(99)101)124(118(103)105)126(120(107)108)125(119(104)106)123(121)117(100)102/h79-90H,7-78H2,1-6H3. The highest BCUT2D eigenvalue weighted by molar-refractivity contribution is 6.61. The Morgan fingerprint density at radius 2 is 0.253 bits per heavy atom. The molecule has 0 aliphatic carbocycles. The second-order valence-electron chi connectivity index (χ2n) is 41.3. The molecule has 0 amide bonds. The molecule has 0 aromatic heterocycles. The van der Waals surface area contributed by atoms with Gasteiger partial charge in [0.05, 0.1) is 119 Å². The summed E-state index contributed by atoms with van der Waals surface area (Å²) in [4.78, 5) is 77.0. The van der Waals surface area contributed by atoms with Gasteiger partial charge in [-0.2, -0.15) is 0 Å². The molecular weight excluding hydrogens is 1900 g/mol. The number of benzene rings is 13. The monoisotopic (exact) mass is 2070 g/mol. The summed E-state index contributed by atoms with van der Waals surface area (Å²) >= 11 is 0. The van der Waals surface area contributed by atoms with E-state index in [1.54, 1.807) is 42.7 Å². The first-order valence-electron chi connectivity index (χ1n) is 57.5. The molecule has 0 saturated heterocycles. The zero-order valence-electron chi connectivity index (χ0n) is 91.6. The Morgan fingerprint density at radius 1 is 0.140 bits per heavy atom.